The number of nitrogens with zero attached hydrogens (tertiary/aromatic N) is 1. The number of aliphatic hydroxyl groups is 1. The van der Waals surface area contributed by atoms with E-state index in [2.05, 4.69) is 10.6 Å². The minimum absolute atomic E-state index is 0.0117. The first-order chi connectivity index (χ1) is 12.6. The van der Waals surface area contributed by atoms with Gasteiger partial charge in [-0.05, 0) is 25.3 Å². The average Bonchev–Trinajstić information content (AvgIpc) is 2.96. The van der Waals surface area contributed by atoms with Crippen molar-refractivity contribution >= 4 is 11.7 Å². The number of nitrogens with one attached hydrogen (secondary N) is 3. The molecule has 4 unspecified atom stereocenters. The lowest BCUT2D eigenvalue weighted by atomic mass is 9.82. The van der Waals surface area contributed by atoms with E-state index < -0.39 is 6.17 Å². The quantitative estimate of drug-likeness (QED) is 0.671. The van der Waals surface area contributed by atoms with Crippen LogP contribution in [0.25, 0.3) is 0 Å². The molecule has 1 aromatic rings. The van der Waals surface area contributed by atoms with Gasteiger partial charge in [-0.15, -0.1) is 0 Å². The Labute approximate surface area is 153 Å². The number of carbonyl (C=O) groups is 1. The van der Waals surface area contributed by atoms with Crippen LogP contribution in [0.15, 0.2) is 41.7 Å². The summed E-state index contributed by atoms with van der Waals surface area (Å²) in [5.74, 6) is 0.509. The first kappa shape index (κ1) is 17.1. The van der Waals surface area contributed by atoms with E-state index in [9.17, 15) is 9.90 Å². The molecule has 4 atom stereocenters. The van der Waals surface area contributed by atoms with Crippen LogP contribution in [0.3, 0.4) is 0 Å². The molecular weight excluding hydrogens is 328 g/mol. The van der Waals surface area contributed by atoms with Crippen molar-refractivity contribution in [1.82, 2.24) is 15.5 Å². The van der Waals surface area contributed by atoms with Crippen LogP contribution in [0.1, 0.15) is 44.2 Å². The van der Waals surface area contributed by atoms with Crippen LogP contribution in [0, 0.1) is 11.3 Å². The molecule has 3 aliphatic rings. The molecular formula is C20H26N4O2. The molecule has 6 nitrogen and oxygen atoms in total. The molecule has 1 aromatic carbocycles. The van der Waals surface area contributed by atoms with Crippen LogP contribution < -0.4 is 10.6 Å². The Morgan fingerprint density at radius 3 is 2.73 bits per heavy atom. The second-order valence-electron chi connectivity index (χ2n) is 7.53. The van der Waals surface area contributed by atoms with Gasteiger partial charge in [-0.25, -0.2) is 0 Å². The molecule has 4 rings (SSSR count). The van der Waals surface area contributed by atoms with E-state index in [-0.39, 0.29) is 35.5 Å². The molecule has 6 heteroatoms. The van der Waals surface area contributed by atoms with Crippen LogP contribution in [0.2, 0.25) is 0 Å². The van der Waals surface area contributed by atoms with Gasteiger partial charge in [-0.3, -0.25) is 15.5 Å². The van der Waals surface area contributed by atoms with Crippen molar-refractivity contribution in [3.8, 4) is 0 Å². The molecule has 1 saturated heterocycles. The topological polar surface area (TPSA) is 88.4 Å². The largest absolute Gasteiger partial charge is 0.510 e. The number of aliphatic hydroxyl groups excluding tert-OH is 1. The molecule has 0 spiro atoms. The number of benzene rings is 1. The lowest BCUT2D eigenvalue weighted by Crippen LogP contribution is -2.63. The molecule has 0 aromatic heterocycles. The number of amidine groups is 1. The smallest absolute Gasteiger partial charge is 0.226 e. The summed E-state index contributed by atoms with van der Waals surface area (Å²) in [5, 5.41) is 25.6. The molecule has 1 aliphatic carbocycles. The van der Waals surface area contributed by atoms with Gasteiger partial charge < -0.3 is 15.3 Å². The minimum Gasteiger partial charge on any atom is -0.510 e. The number of amides is 1. The summed E-state index contributed by atoms with van der Waals surface area (Å²) in [6.07, 6.45) is 3.61. The molecule has 0 radical (unpaired) electrons. The van der Waals surface area contributed by atoms with Crippen LogP contribution in [0.5, 0.6) is 0 Å². The number of hydrogen-bond acceptors (Lipinski definition) is 4. The van der Waals surface area contributed by atoms with Gasteiger partial charge in [-0.1, -0.05) is 43.2 Å². The highest BCUT2D eigenvalue weighted by atomic mass is 16.3. The molecule has 2 fully saturated rings. The molecule has 26 heavy (non-hydrogen) atoms. The van der Waals surface area contributed by atoms with E-state index in [4.69, 9.17) is 5.41 Å². The maximum Gasteiger partial charge on any atom is 0.226 e. The van der Waals surface area contributed by atoms with Crippen LogP contribution in [-0.2, 0) is 4.79 Å². The van der Waals surface area contributed by atoms with Gasteiger partial charge in [0.15, 0.2) is 0 Å². The van der Waals surface area contributed by atoms with Gasteiger partial charge in [0.25, 0.3) is 0 Å². The Kier molecular flexibility index (Phi) is 4.44. The summed E-state index contributed by atoms with van der Waals surface area (Å²) >= 11 is 0. The maximum atomic E-state index is 12.5. The minimum atomic E-state index is -0.484. The zero-order chi connectivity index (χ0) is 18.3. The van der Waals surface area contributed by atoms with Gasteiger partial charge in [-0.2, -0.15) is 0 Å². The Morgan fingerprint density at radius 1 is 1.23 bits per heavy atom. The summed E-state index contributed by atoms with van der Waals surface area (Å²) < 4.78 is 0. The zero-order valence-corrected chi connectivity index (χ0v) is 15.0. The zero-order valence-electron chi connectivity index (χ0n) is 15.0. The highest BCUT2D eigenvalue weighted by molar-refractivity contribution is 6.01. The number of carbonyl (C=O) groups excluding carboxylic acids is 1. The van der Waals surface area contributed by atoms with E-state index in [0.29, 0.717) is 12.1 Å². The molecule has 1 amide bonds. The molecule has 0 bridgehead atoms. The monoisotopic (exact) mass is 354 g/mol. The van der Waals surface area contributed by atoms with Crippen LogP contribution >= 0.6 is 0 Å². The predicted molar refractivity (Wildman–Crippen MR) is 99.8 cm³/mol. The first-order valence-corrected chi connectivity index (χ1v) is 9.45. The molecule has 4 N–H and O–H groups in total. The van der Waals surface area contributed by atoms with Gasteiger partial charge in [0.2, 0.25) is 5.91 Å². The SMILES string of the molecule is CC(c1ccccc1)N1CC(O)=C(C2NC(=O)C3CCCCC3N2)C1=N. The molecule has 138 valence electrons. The molecule has 1 saturated carbocycles. The number of rotatable bonds is 3. The Bertz CT molecular complexity index is 745. The Hall–Kier alpha value is -2.34. The Balaban J connectivity index is 1.53. The third kappa shape index (κ3) is 2.88. The van der Waals surface area contributed by atoms with Crippen molar-refractivity contribution in [3.05, 3.63) is 47.2 Å². The number of hydrogen-bond donors (Lipinski definition) is 4. The standard InChI is InChI=1S/C20H26N4O2/c1-12(13-7-3-2-4-8-13)24-11-16(25)17(18(24)21)19-22-15-10-6-5-9-14(15)20(26)23-19/h2-4,7-8,12,14-15,19,21-22,25H,5-6,9-11H2,1H3,(H,23,26). The maximum absolute atomic E-state index is 12.5. The van der Waals surface area contributed by atoms with Crippen molar-refractivity contribution in [2.45, 2.75) is 50.9 Å². The van der Waals surface area contributed by atoms with Gasteiger partial charge >= 0.3 is 0 Å². The number of fused-ring (bicyclic) bond motifs is 1. The van der Waals surface area contributed by atoms with Crippen molar-refractivity contribution in [1.29, 1.82) is 5.41 Å². The summed E-state index contributed by atoms with van der Waals surface area (Å²) in [6, 6.07) is 10.1. The predicted octanol–water partition coefficient (Wildman–Crippen LogP) is 2.46. The van der Waals surface area contributed by atoms with Crippen LogP contribution in [-0.4, -0.2) is 40.5 Å². The molecule has 2 aliphatic heterocycles. The van der Waals surface area contributed by atoms with E-state index in [1.807, 2.05) is 42.2 Å². The highest BCUT2D eigenvalue weighted by Crippen LogP contribution is 2.32. The van der Waals surface area contributed by atoms with Crippen molar-refractivity contribution < 1.29 is 9.90 Å². The van der Waals surface area contributed by atoms with Gasteiger partial charge in [0.05, 0.1) is 24.1 Å². The average molecular weight is 354 g/mol. The summed E-state index contributed by atoms with van der Waals surface area (Å²) in [4.78, 5) is 14.4. The van der Waals surface area contributed by atoms with Crippen molar-refractivity contribution in [3.63, 3.8) is 0 Å². The summed E-state index contributed by atoms with van der Waals surface area (Å²) in [6.45, 7) is 2.33. The summed E-state index contributed by atoms with van der Waals surface area (Å²) in [5.41, 5.74) is 1.60. The fourth-order valence-electron chi connectivity index (χ4n) is 4.47. The lowest BCUT2D eigenvalue weighted by molar-refractivity contribution is -0.130. The van der Waals surface area contributed by atoms with E-state index in [1.54, 1.807) is 0 Å². The Morgan fingerprint density at radius 2 is 1.96 bits per heavy atom. The third-order valence-corrected chi connectivity index (χ3v) is 5.98. The van der Waals surface area contributed by atoms with Crippen molar-refractivity contribution in [2.75, 3.05) is 6.54 Å². The third-order valence-electron chi connectivity index (χ3n) is 5.98. The highest BCUT2D eigenvalue weighted by Gasteiger charge is 2.43. The second-order valence-corrected chi connectivity index (χ2v) is 7.53. The van der Waals surface area contributed by atoms with E-state index in [0.717, 1.165) is 31.2 Å². The fraction of sp³-hybridized carbons (Fsp3) is 0.500. The summed E-state index contributed by atoms with van der Waals surface area (Å²) in [7, 11) is 0. The fourth-order valence-corrected chi connectivity index (χ4v) is 4.47. The first-order valence-electron chi connectivity index (χ1n) is 9.45. The molecule has 2 heterocycles. The van der Waals surface area contributed by atoms with Crippen LogP contribution in [0.4, 0.5) is 0 Å². The van der Waals surface area contributed by atoms with E-state index >= 15 is 0 Å². The normalized spacial score (nSPS) is 30.2. The lowest BCUT2D eigenvalue weighted by Gasteiger charge is -2.40. The second kappa shape index (κ2) is 6.76. The van der Waals surface area contributed by atoms with E-state index in [1.165, 1.54) is 0 Å². The van der Waals surface area contributed by atoms with Crippen molar-refractivity contribution in [2.24, 2.45) is 5.92 Å². The van der Waals surface area contributed by atoms with Gasteiger partial charge in [0.1, 0.15) is 17.8 Å². The van der Waals surface area contributed by atoms with Gasteiger partial charge in [0, 0.05) is 6.04 Å².